The van der Waals surface area contributed by atoms with Crippen molar-refractivity contribution in [2.45, 2.75) is 39.5 Å². The number of nitrogens with one attached hydrogen (secondary N) is 1. The Kier molecular flexibility index (Phi) is 8.89. The summed E-state index contributed by atoms with van der Waals surface area (Å²) in [6, 6.07) is 2.81. The van der Waals surface area contributed by atoms with Gasteiger partial charge in [-0.2, -0.15) is 0 Å². The summed E-state index contributed by atoms with van der Waals surface area (Å²) in [4.78, 5) is 5.13. The summed E-state index contributed by atoms with van der Waals surface area (Å²) in [6.07, 6.45) is 8.83. The third kappa shape index (κ3) is 6.34. The molecule has 4 N–H and O–H groups in total. The smallest absolute Gasteiger partial charge is 0.319 e. The van der Waals surface area contributed by atoms with Crippen molar-refractivity contribution in [1.82, 2.24) is 29.9 Å². The molecule has 0 bridgehead atoms. The van der Waals surface area contributed by atoms with Crippen LogP contribution in [0.25, 0.3) is 17.1 Å². The SMILES string of the molecule is CNCCCCN1CCN(CC2C=CC(n3c(O)nnc3-c3cc(C(C)C)c(O)cc3O)=CC2C)CC1. The van der Waals surface area contributed by atoms with Gasteiger partial charge in [0.05, 0.1) is 5.56 Å². The Balaban J connectivity index is 1.43. The number of piperazine rings is 1. The summed E-state index contributed by atoms with van der Waals surface area (Å²) in [5, 5.41) is 42.7. The normalized spacial score (nSPS) is 21.1. The van der Waals surface area contributed by atoms with Crippen LogP contribution in [0.5, 0.6) is 17.5 Å². The fourth-order valence-corrected chi connectivity index (χ4v) is 5.28. The van der Waals surface area contributed by atoms with E-state index >= 15 is 0 Å². The van der Waals surface area contributed by atoms with Crippen molar-refractivity contribution in [3.05, 3.63) is 35.9 Å². The summed E-state index contributed by atoms with van der Waals surface area (Å²) >= 11 is 0. The van der Waals surface area contributed by atoms with Crippen LogP contribution in [0, 0.1) is 11.8 Å². The molecule has 1 aliphatic heterocycles. The number of benzene rings is 1. The molecule has 1 aliphatic carbocycles. The van der Waals surface area contributed by atoms with Gasteiger partial charge in [0.2, 0.25) is 0 Å². The van der Waals surface area contributed by atoms with Crippen LogP contribution in [0.2, 0.25) is 0 Å². The van der Waals surface area contributed by atoms with Gasteiger partial charge in [0.1, 0.15) is 11.5 Å². The largest absolute Gasteiger partial charge is 0.508 e. The van der Waals surface area contributed by atoms with Gasteiger partial charge in [-0.1, -0.05) is 38.0 Å². The minimum Gasteiger partial charge on any atom is -0.508 e. The maximum Gasteiger partial charge on any atom is 0.319 e. The molecule has 2 aromatic rings. The minimum absolute atomic E-state index is 0.0365. The molecule has 4 rings (SSSR count). The molecule has 9 nitrogen and oxygen atoms in total. The Morgan fingerprint density at radius 2 is 1.73 bits per heavy atom. The topological polar surface area (TPSA) is 110 Å². The van der Waals surface area contributed by atoms with Crippen LogP contribution < -0.4 is 5.32 Å². The van der Waals surface area contributed by atoms with Crippen LogP contribution in [-0.4, -0.2) is 92.7 Å². The number of unbranched alkanes of at least 4 members (excludes halogenated alkanes) is 1. The zero-order valence-electron chi connectivity index (χ0n) is 22.6. The molecule has 2 heterocycles. The van der Waals surface area contributed by atoms with Crippen molar-refractivity contribution in [3.8, 4) is 28.9 Å². The second-order valence-electron chi connectivity index (χ2n) is 10.7. The molecular weight excluding hydrogens is 468 g/mol. The van der Waals surface area contributed by atoms with Crippen LogP contribution in [0.3, 0.4) is 0 Å². The van der Waals surface area contributed by atoms with Crippen LogP contribution >= 0.6 is 0 Å². The molecule has 1 fully saturated rings. The lowest BCUT2D eigenvalue weighted by molar-refractivity contribution is 0.117. The first kappa shape index (κ1) is 27.2. The van der Waals surface area contributed by atoms with Crippen molar-refractivity contribution in [2.75, 3.05) is 52.9 Å². The van der Waals surface area contributed by atoms with E-state index in [9.17, 15) is 15.3 Å². The van der Waals surface area contributed by atoms with Gasteiger partial charge in [-0.3, -0.25) is 0 Å². The highest BCUT2D eigenvalue weighted by atomic mass is 16.3. The van der Waals surface area contributed by atoms with E-state index in [1.54, 1.807) is 10.6 Å². The number of phenols is 2. The van der Waals surface area contributed by atoms with Gasteiger partial charge in [-0.05, 0) is 68.4 Å². The maximum atomic E-state index is 10.6. The summed E-state index contributed by atoms with van der Waals surface area (Å²) in [5.74, 6) is 0.956. The number of allylic oxidation sites excluding steroid dienone is 3. The number of nitrogens with zero attached hydrogens (tertiary/aromatic N) is 5. The van der Waals surface area contributed by atoms with E-state index in [1.807, 2.05) is 27.0 Å². The summed E-state index contributed by atoms with van der Waals surface area (Å²) in [7, 11) is 2.01. The molecule has 1 aromatic carbocycles. The van der Waals surface area contributed by atoms with Gasteiger partial charge in [0, 0.05) is 44.5 Å². The predicted octanol–water partition coefficient (Wildman–Crippen LogP) is 3.47. The summed E-state index contributed by atoms with van der Waals surface area (Å²) < 4.78 is 1.56. The highest BCUT2D eigenvalue weighted by molar-refractivity contribution is 5.73. The van der Waals surface area contributed by atoms with E-state index in [-0.39, 0.29) is 29.3 Å². The fourth-order valence-electron chi connectivity index (χ4n) is 5.28. The Hall–Kier alpha value is -2.88. The van der Waals surface area contributed by atoms with E-state index in [0.717, 1.165) is 45.0 Å². The number of aromatic nitrogens is 3. The molecule has 0 saturated carbocycles. The number of hydrogen-bond donors (Lipinski definition) is 4. The minimum atomic E-state index is -0.235. The third-order valence-electron chi connectivity index (χ3n) is 7.62. The second-order valence-corrected chi connectivity index (χ2v) is 10.7. The molecule has 0 radical (unpaired) electrons. The molecule has 9 heteroatoms. The van der Waals surface area contributed by atoms with Crippen molar-refractivity contribution in [1.29, 1.82) is 0 Å². The lowest BCUT2D eigenvalue weighted by Crippen LogP contribution is -2.48. The van der Waals surface area contributed by atoms with Crippen molar-refractivity contribution in [3.63, 3.8) is 0 Å². The number of rotatable bonds is 10. The summed E-state index contributed by atoms with van der Waals surface area (Å²) in [5.41, 5.74) is 1.88. The quantitative estimate of drug-likeness (QED) is 0.360. The van der Waals surface area contributed by atoms with Gasteiger partial charge in [0.25, 0.3) is 0 Å². The first-order valence-corrected chi connectivity index (χ1v) is 13.5. The Labute approximate surface area is 220 Å². The van der Waals surface area contributed by atoms with Crippen molar-refractivity contribution in [2.24, 2.45) is 11.8 Å². The number of phenolic OH excluding ortho intramolecular Hbond substituents is 2. The molecule has 2 unspecified atom stereocenters. The lowest BCUT2D eigenvalue weighted by atomic mass is 9.88. The highest BCUT2D eigenvalue weighted by Gasteiger charge is 2.26. The van der Waals surface area contributed by atoms with Gasteiger partial charge in [-0.25, -0.2) is 4.57 Å². The second kappa shape index (κ2) is 12.1. The molecule has 2 aliphatic rings. The van der Waals surface area contributed by atoms with Gasteiger partial charge in [0.15, 0.2) is 5.82 Å². The molecule has 0 spiro atoms. The third-order valence-corrected chi connectivity index (χ3v) is 7.62. The molecular formula is C28H42N6O3. The van der Waals surface area contributed by atoms with Crippen LogP contribution in [0.4, 0.5) is 0 Å². The molecule has 1 aromatic heterocycles. The van der Waals surface area contributed by atoms with Gasteiger partial charge < -0.3 is 30.4 Å². The first-order valence-electron chi connectivity index (χ1n) is 13.5. The van der Waals surface area contributed by atoms with Crippen LogP contribution in [-0.2, 0) is 0 Å². The lowest BCUT2D eigenvalue weighted by Gasteiger charge is -2.37. The average Bonchev–Trinajstić information content (AvgIpc) is 3.25. The van der Waals surface area contributed by atoms with E-state index in [2.05, 4.69) is 44.4 Å². The van der Waals surface area contributed by atoms with E-state index < -0.39 is 0 Å². The Morgan fingerprint density at radius 3 is 2.41 bits per heavy atom. The van der Waals surface area contributed by atoms with Crippen molar-refractivity contribution >= 4 is 5.70 Å². The highest BCUT2D eigenvalue weighted by Crippen LogP contribution is 2.39. The molecule has 202 valence electrons. The van der Waals surface area contributed by atoms with Gasteiger partial charge in [-0.15, -0.1) is 5.10 Å². The molecule has 37 heavy (non-hydrogen) atoms. The maximum absolute atomic E-state index is 10.6. The van der Waals surface area contributed by atoms with E-state index in [1.165, 1.54) is 25.5 Å². The van der Waals surface area contributed by atoms with Crippen molar-refractivity contribution < 1.29 is 15.3 Å². The monoisotopic (exact) mass is 510 g/mol. The molecule has 1 saturated heterocycles. The average molecular weight is 511 g/mol. The zero-order chi connectivity index (χ0) is 26.5. The van der Waals surface area contributed by atoms with Crippen LogP contribution in [0.1, 0.15) is 45.1 Å². The van der Waals surface area contributed by atoms with E-state index in [4.69, 9.17) is 0 Å². The Bertz CT molecular complexity index is 1120. The summed E-state index contributed by atoms with van der Waals surface area (Å²) in [6.45, 7) is 13.8. The standard InChI is InChI=1S/C28H42N6O3/c1-19(2)23-16-24(26(36)17-25(23)35)27-30-31-28(37)34(27)22-8-7-21(20(3)15-22)18-33-13-11-32(12-14-33)10-6-5-9-29-4/h7-8,15-17,19-21,29,35-36H,5-6,9-14,18H2,1-4H3,(H,31,37). The zero-order valence-corrected chi connectivity index (χ0v) is 22.6. The first-order chi connectivity index (χ1) is 17.8. The van der Waals surface area contributed by atoms with Crippen LogP contribution in [0.15, 0.2) is 30.4 Å². The predicted molar refractivity (Wildman–Crippen MR) is 147 cm³/mol. The molecule has 0 amide bonds. The Morgan fingerprint density at radius 1 is 1.00 bits per heavy atom. The number of hydrogen-bond acceptors (Lipinski definition) is 8. The van der Waals surface area contributed by atoms with E-state index in [0.29, 0.717) is 22.9 Å². The fraction of sp³-hybridized carbons (Fsp3) is 0.571. The van der Waals surface area contributed by atoms with Gasteiger partial charge >= 0.3 is 6.01 Å². The number of aromatic hydroxyl groups is 3. The molecule has 2 atom stereocenters.